The lowest BCUT2D eigenvalue weighted by Crippen LogP contribution is -2.47. The highest BCUT2D eigenvalue weighted by atomic mass is 16.4. The molecule has 2 amide bonds. The summed E-state index contributed by atoms with van der Waals surface area (Å²) >= 11 is 0. The van der Waals surface area contributed by atoms with Gasteiger partial charge in [0.2, 0.25) is 0 Å². The van der Waals surface area contributed by atoms with Crippen LogP contribution >= 0.6 is 0 Å². The predicted molar refractivity (Wildman–Crippen MR) is 60.2 cm³/mol. The summed E-state index contributed by atoms with van der Waals surface area (Å²) in [5, 5.41) is 11.1. The number of nitrogens with zero attached hydrogens (tertiary/aromatic N) is 1. The molecule has 0 aliphatic carbocycles. The van der Waals surface area contributed by atoms with Crippen LogP contribution in [0.3, 0.4) is 0 Å². The number of piperidine rings is 1. The van der Waals surface area contributed by atoms with E-state index < -0.39 is 5.97 Å². The molecule has 1 aliphatic heterocycles. The second kappa shape index (κ2) is 5.72. The van der Waals surface area contributed by atoms with Crippen LogP contribution in [0.25, 0.3) is 0 Å². The number of carbonyl (C=O) groups is 2. The lowest BCUT2D eigenvalue weighted by Gasteiger charge is -2.34. The van der Waals surface area contributed by atoms with Gasteiger partial charge >= 0.3 is 12.0 Å². The normalized spacial score (nSPS) is 25.2. The maximum atomic E-state index is 11.7. The number of carboxylic acid groups (broad SMARTS) is 1. The second-order valence-electron chi connectivity index (χ2n) is 4.73. The van der Waals surface area contributed by atoms with E-state index in [0.717, 1.165) is 19.5 Å². The summed E-state index contributed by atoms with van der Waals surface area (Å²) in [6.45, 7) is 6.00. The van der Waals surface area contributed by atoms with E-state index in [-0.39, 0.29) is 19.0 Å². The Bertz CT molecular complexity index is 258. The first-order valence-electron chi connectivity index (χ1n) is 5.73. The number of rotatable bonds is 3. The summed E-state index contributed by atoms with van der Waals surface area (Å²) in [5.74, 6) is 0.156. The van der Waals surface area contributed by atoms with Crippen LogP contribution < -0.4 is 5.32 Å². The van der Waals surface area contributed by atoms with Crippen LogP contribution in [0.4, 0.5) is 4.79 Å². The van der Waals surface area contributed by atoms with Gasteiger partial charge in [-0.3, -0.25) is 4.79 Å². The van der Waals surface area contributed by atoms with Gasteiger partial charge in [-0.2, -0.15) is 0 Å². The fourth-order valence-corrected chi connectivity index (χ4v) is 2.22. The van der Waals surface area contributed by atoms with Gasteiger partial charge in [0, 0.05) is 19.6 Å². The third-order valence-corrected chi connectivity index (χ3v) is 2.77. The zero-order valence-electron chi connectivity index (χ0n) is 9.90. The van der Waals surface area contributed by atoms with Gasteiger partial charge in [0.05, 0.1) is 6.42 Å². The largest absolute Gasteiger partial charge is 0.481 e. The van der Waals surface area contributed by atoms with Crippen LogP contribution in [0.2, 0.25) is 0 Å². The SMILES string of the molecule is C[C@@H]1C[C@@H](C)CN(C(=O)NCCC(=O)O)C1. The number of aliphatic carboxylic acids is 1. The number of urea groups is 1. The molecule has 0 spiro atoms. The van der Waals surface area contributed by atoms with E-state index >= 15 is 0 Å². The molecule has 0 aromatic carbocycles. The summed E-state index contributed by atoms with van der Waals surface area (Å²) < 4.78 is 0. The minimum atomic E-state index is -0.888. The topological polar surface area (TPSA) is 69.6 Å². The van der Waals surface area contributed by atoms with Crippen molar-refractivity contribution in [1.82, 2.24) is 10.2 Å². The van der Waals surface area contributed by atoms with Gasteiger partial charge < -0.3 is 15.3 Å². The number of likely N-dealkylation sites (tertiary alicyclic amines) is 1. The van der Waals surface area contributed by atoms with Crippen molar-refractivity contribution in [3.8, 4) is 0 Å². The smallest absolute Gasteiger partial charge is 0.317 e. The Labute approximate surface area is 95.8 Å². The molecule has 5 nitrogen and oxygen atoms in total. The Balaban J connectivity index is 2.32. The van der Waals surface area contributed by atoms with Crippen LogP contribution in [-0.2, 0) is 4.79 Å². The molecule has 1 aliphatic rings. The molecule has 2 atom stereocenters. The lowest BCUT2D eigenvalue weighted by atomic mass is 9.92. The monoisotopic (exact) mass is 228 g/mol. The number of carboxylic acids is 1. The molecule has 1 fully saturated rings. The fourth-order valence-electron chi connectivity index (χ4n) is 2.22. The van der Waals surface area contributed by atoms with E-state index in [4.69, 9.17) is 5.11 Å². The number of hydrogen-bond acceptors (Lipinski definition) is 2. The Morgan fingerprint density at radius 2 is 1.88 bits per heavy atom. The average Bonchev–Trinajstić information content (AvgIpc) is 2.15. The van der Waals surface area contributed by atoms with Crippen molar-refractivity contribution in [2.75, 3.05) is 19.6 Å². The third-order valence-electron chi connectivity index (χ3n) is 2.77. The Morgan fingerprint density at radius 3 is 2.38 bits per heavy atom. The molecule has 1 heterocycles. The van der Waals surface area contributed by atoms with E-state index in [0.29, 0.717) is 11.8 Å². The van der Waals surface area contributed by atoms with Crippen molar-refractivity contribution in [3.63, 3.8) is 0 Å². The van der Waals surface area contributed by atoms with Crippen LogP contribution in [0.15, 0.2) is 0 Å². The molecule has 0 saturated carbocycles. The standard InChI is InChI=1S/C11H20N2O3/c1-8-5-9(2)7-13(6-8)11(16)12-4-3-10(14)15/h8-9H,3-7H2,1-2H3,(H,12,16)(H,14,15)/t8-,9-/m1/s1. The van der Waals surface area contributed by atoms with E-state index in [1.165, 1.54) is 0 Å². The molecule has 0 unspecified atom stereocenters. The highest BCUT2D eigenvalue weighted by molar-refractivity contribution is 5.75. The van der Waals surface area contributed by atoms with E-state index in [1.807, 2.05) is 0 Å². The molecule has 1 rings (SSSR count). The summed E-state index contributed by atoms with van der Waals surface area (Å²) in [4.78, 5) is 23.8. The van der Waals surface area contributed by atoms with Crippen molar-refractivity contribution in [2.24, 2.45) is 11.8 Å². The van der Waals surface area contributed by atoms with Crippen molar-refractivity contribution < 1.29 is 14.7 Å². The molecule has 0 aromatic heterocycles. The maximum Gasteiger partial charge on any atom is 0.317 e. The molecular weight excluding hydrogens is 208 g/mol. The predicted octanol–water partition coefficient (Wildman–Crippen LogP) is 1.15. The maximum absolute atomic E-state index is 11.7. The molecule has 16 heavy (non-hydrogen) atoms. The van der Waals surface area contributed by atoms with Gasteiger partial charge in [-0.25, -0.2) is 4.79 Å². The molecule has 5 heteroatoms. The summed E-state index contributed by atoms with van der Waals surface area (Å²) in [6, 6.07) is -0.139. The van der Waals surface area contributed by atoms with Crippen LogP contribution in [0, 0.1) is 11.8 Å². The first-order valence-corrected chi connectivity index (χ1v) is 5.73. The molecular formula is C11H20N2O3. The van der Waals surface area contributed by atoms with Gasteiger partial charge in [-0.1, -0.05) is 13.8 Å². The molecule has 0 bridgehead atoms. The molecule has 0 aromatic rings. The Morgan fingerprint density at radius 1 is 1.31 bits per heavy atom. The zero-order valence-corrected chi connectivity index (χ0v) is 9.90. The van der Waals surface area contributed by atoms with E-state index in [9.17, 15) is 9.59 Å². The van der Waals surface area contributed by atoms with E-state index in [1.54, 1.807) is 4.90 Å². The summed E-state index contributed by atoms with van der Waals surface area (Å²) in [5.41, 5.74) is 0. The first kappa shape index (κ1) is 12.8. The summed E-state index contributed by atoms with van der Waals surface area (Å²) in [7, 11) is 0. The van der Waals surface area contributed by atoms with Crippen LogP contribution in [0.5, 0.6) is 0 Å². The molecule has 92 valence electrons. The quantitative estimate of drug-likeness (QED) is 0.761. The number of carbonyl (C=O) groups excluding carboxylic acids is 1. The van der Waals surface area contributed by atoms with Crippen molar-refractivity contribution in [2.45, 2.75) is 26.7 Å². The Kier molecular flexibility index (Phi) is 4.58. The number of hydrogen-bond donors (Lipinski definition) is 2. The van der Waals surface area contributed by atoms with E-state index in [2.05, 4.69) is 19.2 Å². The van der Waals surface area contributed by atoms with Crippen molar-refractivity contribution >= 4 is 12.0 Å². The summed E-state index contributed by atoms with van der Waals surface area (Å²) in [6.07, 6.45) is 1.13. The minimum Gasteiger partial charge on any atom is -0.481 e. The van der Waals surface area contributed by atoms with Gasteiger partial charge in [0.25, 0.3) is 0 Å². The van der Waals surface area contributed by atoms with Gasteiger partial charge in [-0.05, 0) is 18.3 Å². The lowest BCUT2D eigenvalue weighted by molar-refractivity contribution is -0.136. The van der Waals surface area contributed by atoms with Crippen LogP contribution in [-0.4, -0.2) is 41.6 Å². The van der Waals surface area contributed by atoms with Gasteiger partial charge in [-0.15, -0.1) is 0 Å². The zero-order chi connectivity index (χ0) is 12.1. The molecule has 2 N–H and O–H groups in total. The Hall–Kier alpha value is -1.26. The van der Waals surface area contributed by atoms with Gasteiger partial charge in [0.15, 0.2) is 0 Å². The van der Waals surface area contributed by atoms with Crippen LogP contribution in [0.1, 0.15) is 26.7 Å². The minimum absolute atomic E-state index is 0.0231. The second-order valence-corrected chi connectivity index (χ2v) is 4.73. The highest BCUT2D eigenvalue weighted by Gasteiger charge is 2.24. The molecule has 1 saturated heterocycles. The number of amides is 2. The van der Waals surface area contributed by atoms with Crippen molar-refractivity contribution in [3.05, 3.63) is 0 Å². The number of nitrogens with one attached hydrogen (secondary N) is 1. The van der Waals surface area contributed by atoms with Crippen molar-refractivity contribution in [1.29, 1.82) is 0 Å². The van der Waals surface area contributed by atoms with Gasteiger partial charge in [0.1, 0.15) is 0 Å². The first-order chi connectivity index (χ1) is 7.49. The highest BCUT2D eigenvalue weighted by Crippen LogP contribution is 2.20. The third kappa shape index (κ3) is 4.08. The molecule has 0 radical (unpaired) electrons. The fraction of sp³-hybridized carbons (Fsp3) is 0.818. The average molecular weight is 228 g/mol.